The number of carbonyl (C=O) groups is 1. The Balaban J connectivity index is -0.0000000429. The predicted octanol–water partition coefficient (Wildman–Crippen LogP) is -0.789. The Kier molecular flexibility index (Phi) is 60.2. The molecule has 0 aliphatic rings. The fraction of sp³-hybridized carbons (Fsp3) is 0.833. The minimum atomic E-state index is -0.963. The van der Waals surface area contributed by atoms with Gasteiger partial charge in [-0.2, -0.15) is 0 Å². The summed E-state index contributed by atoms with van der Waals surface area (Å²) in [6.45, 7) is 2.86. The van der Waals surface area contributed by atoms with Crippen LogP contribution in [0.2, 0.25) is 0 Å². The minimum Gasteiger partial charge on any atom is -0.480 e. The van der Waals surface area contributed by atoms with E-state index >= 15 is 0 Å². The fourth-order valence-electron chi connectivity index (χ4n) is 0.118. The van der Waals surface area contributed by atoms with Gasteiger partial charge in [0.15, 0.2) is 0 Å². The molecule has 12 heteroatoms. The normalized spacial score (nSPS) is 8.22. The first-order valence-corrected chi connectivity index (χ1v) is 4.17. The molecular weight excluding hydrogens is 297 g/mol. The molecule has 0 heterocycles. The smallest absolute Gasteiger partial charge is 0.480 e. The van der Waals surface area contributed by atoms with Gasteiger partial charge >= 0.3 is 22.7 Å². The molecule has 11 nitrogen and oxygen atoms in total. The maximum absolute atomic E-state index is 9.57. The Morgan fingerprint density at radius 1 is 1.22 bits per heavy atom. The molecule has 0 amide bonds. The molecule has 0 aromatic rings. The van der Waals surface area contributed by atoms with Crippen LogP contribution in [0.25, 0.3) is 0 Å². The first-order chi connectivity index (χ1) is 7.89. The van der Waals surface area contributed by atoms with Gasteiger partial charge in [0.1, 0.15) is 6.04 Å². The number of hydrogen-bond donors (Lipinski definition) is 4. The van der Waals surface area contributed by atoms with Crippen molar-refractivity contribution >= 4 is 5.97 Å². The van der Waals surface area contributed by atoms with E-state index in [0.717, 1.165) is 30.2 Å². The van der Waals surface area contributed by atoms with Crippen LogP contribution < -0.4 is 17.2 Å². The third-order valence-corrected chi connectivity index (χ3v) is 0.798. The van der Waals surface area contributed by atoms with E-state index in [1.165, 1.54) is 6.92 Å². The third kappa shape index (κ3) is 126. The van der Waals surface area contributed by atoms with Gasteiger partial charge in [-0.15, -0.1) is 10.7 Å². The summed E-state index contributed by atoms with van der Waals surface area (Å²) in [7, 11) is 0. The summed E-state index contributed by atoms with van der Waals surface area (Å²) < 4.78 is 0. The van der Waals surface area contributed by atoms with Crippen LogP contribution in [0.5, 0.6) is 0 Å². The van der Waals surface area contributed by atoms with Gasteiger partial charge in [0.05, 0.1) is 0 Å². The number of aliphatic carboxylic acids is 1. The van der Waals surface area contributed by atoms with E-state index in [1.807, 2.05) is 0 Å². The summed E-state index contributed by atoms with van der Waals surface area (Å²) in [5.74, 6) is -0.963. The molecule has 7 N–H and O–H groups in total. The van der Waals surface area contributed by atoms with E-state index in [9.17, 15) is 4.79 Å². The number of nitrogens with two attached hydrogens (primary N) is 3. The van der Waals surface area contributed by atoms with Crippen LogP contribution in [0, 0.1) is 20.2 Å². The molecule has 0 fully saturated rings. The number of carboxylic acid groups (broad SMARTS) is 1. The summed E-state index contributed by atoms with van der Waals surface area (Å²) in [4.78, 5) is 25.6. The molecule has 0 aromatic heterocycles. The average molecular weight is 314 g/mol. The molecule has 0 spiro atoms. The molecule has 0 rings (SSSR count). The quantitative estimate of drug-likeness (QED) is 0.378. The topological polar surface area (TPSA) is 220 Å². The Bertz CT molecular complexity index is 165. The molecule has 1 atom stereocenters. The van der Waals surface area contributed by atoms with Gasteiger partial charge in [-0.3, -0.25) is 4.79 Å². The summed E-state index contributed by atoms with van der Waals surface area (Å²) in [5, 5.41) is 25.9. The van der Waals surface area contributed by atoms with Gasteiger partial charge < -0.3 is 42.5 Å². The standard InChI is InChI=1S/C3H10N2.C3H7NO2.Co.2HNO2/c4-2-1-3-5;1-2(4)3(5)6;;2*2-1-3/h1-5H2;2H,4H2,1H3,(H,5,6);;2*(H,2,3)/q;;+3;;/p-2. The molecule has 0 saturated carbocycles. The zero-order valence-corrected chi connectivity index (χ0v) is 10.7. The van der Waals surface area contributed by atoms with Gasteiger partial charge in [0.25, 0.3) is 0 Å². The van der Waals surface area contributed by atoms with Gasteiger partial charge in [0.2, 0.25) is 0 Å². The van der Waals surface area contributed by atoms with E-state index in [1.54, 1.807) is 0 Å². The summed E-state index contributed by atoms with van der Waals surface area (Å²) in [6, 6.07) is -0.731. The van der Waals surface area contributed by atoms with E-state index < -0.39 is 12.0 Å². The van der Waals surface area contributed by atoms with Crippen LogP contribution in [0.3, 0.4) is 0 Å². The van der Waals surface area contributed by atoms with Gasteiger partial charge in [0, 0.05) is 0 Å². The largest absolute Gasteiger partial charge is 3.00 e. The third-order valence-electron chi connectivity index (χ3n) is 0.798. The van der Waals surface area contributed by atoms with Crippen molar-refractivity contribution < 1.29 is 26.7 Å². The van der Waals surface area contributed by atoms with Crippen molar-refractivity contribution in [3.8, 4) is 0 Å². The molecular formula is C6H17CoN5O6+. The van der Waals surface area contributed by atoms with Crippen molar-refractivity contribution in [1.82, 2.24) is 0 Å². The van der Waals surface area contributed by atoms with Crippen molar-refractivity contribution in [2.75, 3.05) is 13.1 Å². The second kappa shape index (κ2) is 36.1. The summed E-state index contributed by atoms with van der Waals surface area (Å²) >= 11 is 0. The van der Waals surface area contributed by atoms with Crippen LogP contribution in [-0.4, -0.2) is 30.2 Å². The molecule has 0 aliphatic carbocycles. The van der Waals surface area contributed by atoms with Crippen LogP contribution >= 0.6 is 0 Å². The molecule has 1 unspecified atom stereocenters. The molecule has 0 aliphatic heterocycles. The Labute approximate surface area is 114 Å². The average Bonchev–Trinajstić information content (AvgIpc) is 2.22. The van der Waals surface area contributed by atoms with Gasteiger partial charge in [-0.05, 0) is 26.4 Å². The van der Waals surface area contributed by atoms with Crippen molar-refractivity contribution in [1.29, 1.82) is 0 Å². The number of rotatable bonds is 3. The maximum Gasteiger partial charge on any atom is 3.00 e. The SMILES string of the molecule is CC(N)C(=O)O.NCCCN.O=N[O-].O=N[O-].[Co+3]. The minimum absolute atomic E-state index is 0. The van der Waals surface area contributed by atoms with Crippen LogP contribution in [-0.2, 0) is 21.6 Å². The number of carboxylic acids is 1. The van der Waals surface area contributed by atoms with E-state index in [2.05, 4.69) is 0 Å². The van der Waals surface area contributed by atoms with Gasteiger partial charge in [-0.25, -0.2) is 0 Å². The van der Waals surface area contributed by atoms with Crippen molar-refractivity contribution in [2.45, 2.75) is 19.4 Å². The summed E-state index contributed by atoms with van der Waals surface area (Å²) in [5.41, 5.74) is 15.0. The Morgan fingerprint density at radius 3 is 1.39 bits per heavy atom. The number of hydrogen-bond acceptors (Lipinski definition) is 10. The monoisotopic (exact) mass is 314 g/mol. The maximum atomic E-state index is 9.57. The molecule has 18 heavy (non-hydrogen) atoms. The van der Waals surface area contributed by atoms with E-state index in [-0.39, 0.29) is 16.8 Å². The first kappa shape index (κ1) is 30.0. The molecule has 0 bridgehead atoms. The summed E-state index contributed by atoms with van der Waals surface area (Å²) in [6.07, 6.45) is 0.944. The zero-order valence-electron chi connectivity index (χ0n) is 9.65. The molecule has 0 aromatic carbocycles. The van der Waals surface area contributed by atoms with Crippen molar-refractivity contribution in [3.05, 3.63) is 20.2 Å². The van der Waals surface area contributed by atoms with Crippen LogP contribution in [0.1, 0.15) is 13.3 Å². The first-order valence-electron chi connectivity index (χ1n) is 4.17. The van der Waals surface area contributed by atoms with Crippen molar-refractivity contribution in [3.63, 3.8) is 0 Å². The van der Waals surface area contributed by atoms with Gasteiger partial charge in [-0.1, -0.05) is 0 Å². The zero-order chi connectivity index (χ0) is 14.7. The number of nitrogens with zero attached hydrogens (tertiary/aromatic N) is 2. The molecule has 0 radical (unpaired) electrons. The van der Waals surface area contributed by atoms with E-state index in [4.69, 9.17) is 42.5 Å². The molecule has 0 saturated heterocycles. The second-order valence-electron chi connectivity index (χ2n) is 2.21. The van der Waals surface area contributed by atoms with Crippen LogP contribution in [0.4, 0.5) is 0 Å². The van der Waals surface area contributed by atoms with E-state index in [0.29, 0.717) is 0 Å². The van der Waals surface area contributed by atoms with Crippen molar-refractivity contribution in [2.24, 2.45) is 27.9 Å². The molecule has 110 valence electrons. The van der Waals surface area contributed by atoms with Crippen LogP contribution in [0.15, 0.2) is 10.7 Å². The Hall–Kier alpha value is -1.34. The Morgan fingerprint density at radius 2 is 1.39 bits per heavy atom. The second-order valence-corrected chi connectivity index (χ2v) is 2.21. The fourth-order valence-corrected chi connectivity index (χ4v) is 0.118. The predicted molar refractivity (Wildman–Crippen MR) is 62.3 cm³/mol.